The summed E-state index contributed by atoms with van der Waals surface area (Å²) in [4.78, 5) is 4.12. The van der Waals surface area contributed by atoms with Crippen LogP contribution in [0.4, 0.5) is 0 Å². The van der Waals surface area contributed by atoms with Gasteiger partial charge in [0.25, 0.3) is 0 Å². The van der Waals surface area contributed by atoms with Crippen LogP contribution in [0.3, 0.4) is 0 Å². The lowest BCUT2D eigenvalue weighted by atomic mass is 10.1. The number of aryl methyl sites for hydroxylation is 2. The molecule has 0 fully saturated rings. The molecule has 2 rings (SSSR count). The Labute approximate surface area is 95.1 Å². The predicted molar refractivity (Wildman–Crippen MR) is 63.1 cm³/mol. The lowest BCUT2D eigenvalue weighted by Gasteiger charge is -2.17. The molecule has 1 unspecified atom stereocenters. The van der Waals surface area contributed by atoms with Crippen LogP contribution in [0.25, 0.3) is 0 Å². The van der Waals surface area contributed by atoms with E-state index in [1.165, 1.54) is 0 Å². The Kier molecular flexibility index (Phi) is 3.01. The third kappa shape index (κ3) is 1.97. The van der Waals surface area contributed by atoms with E-state index in [0.717, 1.165) is 17.0 Å². The molecule has 0 spiro atoms. The number of nitrogens with two attached hydrogens (primary N) is 1. The fourth-order valence-corrected chi connectivity index (χ4v) is 1.91. The van der Waals surface area contributed by atoms with Crippen molar-refractivity contribution in [2.75, 3.05) is 6.54 Å². The third-order valence-electron chi connectivity index (χ3n) is 2.63. The maximum absolute atomic E-state index is 5.83. The van der Waals surface area contributed by atoms with Crippen molar-refractivity contribution >= 4 is 0 Å². The van der Waals surface area contributed by atoms with Crippen LogP contribution in [0.15, 0.2) is 30.6 Å². The Morgan fingerprint density at radius 3 is 2.75 bits per heavy atom. The summed E-state index contributed by atoms with van der Waals surface area (Å²) in [5, 5.41) is 4.47. The average Bonchev–Trinajstić information content (AvgIpc) is 2.61. The second kappa shape index (κ2) is 4.45. The van der Waals surface area contributed by atoms with Gasteiger partial charge in [-0.25, -0.2) is 0 Å². The van der Waals surface area contributed by atoms with Gasteiger partial charge in [-0.1, -0.05) is 6.07 Å². The zero-order valence-corrected chi connectivity index (χ0v) is 9.59. The van der Waals surface area contributed by atoms with E-state index in [-0.39, 0.29) is 6.04 Å². The molecule has 0 aromatic carbocycles. The molecule has 0 aliphatic carbocycles. The highest BCUT2D eigenvalue weighted by Crippen LogP contribution is 2.18. The average molecular weight is 216 g/mol. The van der Waals surface area contributed by atoms with Crippen molar-refractivity contribution in [2.45, 2.75) is 19.9 Å². The Bertz CT molecular complexity index is 461. The molecule has 4 nitrogen and oxygen atoms in total. The van der Waals surface area contributed by atoms with Gasteiger partial charge >= 0.3 is 0 Å². The number of hydrogen-bond acceptors (Lipinski definition) is 3. The van der Waals surface area contributed by atoms with Crippen molar-refractivity contribution in [3.05, 3.63) is 47.5 Å². The Balaban J connectivity index is 2.40. The molecule has 0 saturated carbocycles. The second-order valence-corrected chi connectivity index (χ2v) is 3.91. The van der Waals surface area contributed by atoms with Crippen LogP contribution in [0, 0.1) is 13.8 Å². The molecule has 0 aliphatic heterocycles. The first-order valence-corrected chi connectivity index (χ1v) is 5.35. The normalized spacial score (nSPS) is 12.7. The summed E-state index contributed by atoms with van der Waals surface area (Å²) in [5.74, 6) is 0. The largest absolute Gasteiger partial charge is 0.328 e. The van der Waals surface area contributed by atoms with Crippen LogP contribution in [0.1, 0.15) is 23.0 Å². The van der Waals surface area contributed by atoms with Crippen molar-refractivity contribution in [3.8, 4) is 0 Å². The van der Waals surface area contributed by atoms with E-state index in [4.69, 9.17) is 5.73 Å². The molecule has 2 N–H and O–H groups in total. The van der Waals surface area contributed by atoms with Crippen LogP contribution in [0.2, 0.25) is 0 Å². The molecule has 0 radical (unpaired) electrons. The van der Waals surface area contributed by atoms with Crippen LogP contribution in [-0.2, 0) is 0 Å². The fraction of sp³-hybridized carbons (Fsp3) is 0.333. The topological polar surface area (TPSA) is 56.7 Å². The standard InChI is InChI=1S/C12H16N4/c1-9-6-10(2)16(15-9)12(7-13)11-4-3-5-14-8-11/h3-6,8,12H,7,13H2,1-2H3. The van der Waals surface area contributed by atoms with E-state index in [1.807, 2.05) is 36.9 Å². The third-order valence-corrected chi connectivity index (χ3v) is 2.63. The molecule has 0 amide bonds. The number of rotatable bonds is 3. The summed E-state index contributed by atoms with van der Waals surface area (Å²) in [7, 11) is 0. The second-order valence-electron chi connectivity index (χ2n) is 3.91. The first-order chi connectivity index (χ1) is 7.72. The Morgan fingerprint density at radius 2 is 2.25 bits per heavy atom. The summed E-state index contributed by atoms with van der Waals surface area (Å²) in [6.07, 6.45) is 3.60. The molecule has 2 heterocycles. The van der Waals surface area contributed by atoms with Gasteiger partial charge in [0.1, 0.15) is 0 Å². The minimum Gasteiger partial charge on any atom is -0.328 e. The zero-order chi connectivity index (χ0) is 11.5. The molecule has 16 heavy (non-hydrogen) atoms. The monoisotopic (exact) mass is 216 g/mol. The highest BCUT2D eigenvalue weighted by molar-refractivity contribution is 5.18. The molecule has 0 bridgehead atoms. The summed E-state index contributed by atoms with van der Waals surface area (Å²) < 4.78 is 1.96. The summed E-state index contributed by atoms with van der Waals surface area (Å²) in [6, 6.07) is 6.08. The minimum absolute atomic E-state index is 0.0717. The van der Waals surface area contributed by atoms with Gasteiger partial charge in [0.2, 0.25) is 0 Å². The lowest BCUT2D eigenvalue weighted by molar-refractivity contribution is 0.515. The first-order valence-electron chi connectivity index (χ1n) is 5.35. The molecule has 0 saturated heterocycles. The highest BCUT2D eigenvalue weighted by atomic mass is 15.3. The van der Waals surface area contributed by atoms with Crippen molar-refractivity contribution in [1.82, 2.24) is 14.8 Å². The van der Waals surface area contributed by atoms with E-state index in [1.54, 1.807) is 6.20 Å². The predicted octanol–water partition coefficient (Wildman–Crippen LogP) is 1.44. The van der Waals surface area contributed by atoms with E-state index in [0.29, 0.717) is 6.54 Å². The first kappa shape index (κ1) is 10.8. The molecular formula is C12H16N4. The van der Waals surface area contributed by atoms with Crippen LogP contribution < -0.4 is 5.73 Å². The maximum Gasteiger partial charge on any atom is 0.0908 e. The van der Waals surface area contributed by atoms with Gasteiger partial charge in [-0.05, 0) is 31.5 Å². The van der Waals surface area contributed by atoms with Crippen molar-refractivity contribution < 1.29 is 0 Å². The molecule has 1 atom stereocenters. The number of aromatic nitrogens is 3. The summed E-state index contributed by atoms with van der Waals surface area (Å²) in [5.41, 5.74) is 9.06. The summed E-state index contributed by atoms with van der Waals surface area (Å²) in [6.45, 7) is 4.55. The van der Waals surface area contributed by atoms with Gasteiger partial charge in [-0.3, -0.25) is 9.67 Å². The molecule has 4 heteroatoms. The number of pyridine rings is 1. The Morgan fingerprint density at radius 1 is 1.44 bits per heavy atom. The van der Waals surface area contributed by atoms with Gasteiger partial charge in [0.05, 0.1) is 11.7 Å². The molecule has 2 aromatic heterocycles. The van der Waals surface area contributed by atoms with Gasteiger partial charge in [-0.2, -0.15) is 5.10 Å². The van der Waals surface area contributed by atoms with Gasteiger partial charge < -0.3 is 5.73 Å². The summed E-state index contributed by atoms with van der Waals surface area (Å²) >= 11 is 0. The van der Waals surface area contributed by atoms with Crippen LogP contribution in [-0.4, -0.2) is 21.3 Å². The molecule has 0 aliphatic rings. The van der Waals surface area contributed by atoms with Gasteiger partial charge in [0, 0.05) is 24.6 Å². The molecule has 84 valence electrons. The van der Waals surface area contributed by atoms with E-state index in [2.05, 4.69) is 16.1 Å². The van der Waals surface area contributed by atoms with E-state index in [9.17, 15) is 0 Å². The maximum atomic E-state index is 5.83. The van der Waals surface area contributed by atoms with Gasteiger partial charge in [-0.15, -0.1) is 0 Å². The molecular weight excluding hydrogens is 200 g/mol. The molecule has 2 aromatic rings. The van der Waals surface area contributed by atoms with E-state index < -0.39 is 0 Å². The minimum atomic E-state index is 0.0717. The highest BCUT2D eigenvalue weighted by Gasteiger charge is 2.14. The van der Waals surface area contributed by atoms with Crippen LogP contribution >= 0.6 is 0 Å². The van der Waals surface area contributed by atoms with Crippen molar-refractivity contribution in [2.24, 2.45) is 5.73 Å². The number of nitrogens with zero attached hydrogens (tertiary/aromatic N) is 3. The fourth-order valence-electron chi connectivity index (χ4n) is 1.91. The van der Waals surface area contributed by atoms with Crippen molar-refractivity contribution in [1.29, 1.82) is 0 Å². The quantitative estimate of drug-likeness (QED) is 0.844. The lowest BCUT2D eigenvalue weighted by Crippen LogP contribution is -2.22. The SMILES string of the molecule is Cc1cc(C)n(C(CN)c2cccnc2)n1. The number of hydrogen-bond donors (Lipinski definition) is 1. The van der Waals surface area contributed by atoms with Gasteiger partial charge in [0.15, 0.2) is 0 Å². The Hall–Kier alpha value is -1.68. The van der Waals surface area contributed by atoms with E-state index >= 15 is 0 Å². The van der Waals surface area contributed by atoms with Crippen molar-refractivity contribution in [3.63, 3.8) is 0 Å². The zero-order valence-electron chi connectivity index (χ0n) is 9.59. The van der Waals surface area contributed by atoms with Crippen LogP contribution in [0.5, 0.6) is 0 Å². The smallest absolute Gasteiger partial charge is 0.0908 e.